The molecule has 0 amide bonds. The molecule has 0 aliphatic carbocycles. The van der Waals surface area contributed by atoms with Gasteiger partial charge in [-0.05, 0) is 50.3 Å². The van der Waals surface area contributed by atoms with Gasteiger partial charge in [0.25, 0.3) is 0 Å². The molecule has 0 unspecified atom stereocenters. The molecule has 0 bridgehead atoms. The van der Waals surface area contributed by atoms with E-state index < -0.39 is 0 Å². The predicted molar refractivity (Wildman–Crippen MR) is 151 cm³/mol. The van der Waals surface area contributed by atoms with Crippen LogP contribution in [0.3, 0.4) is 0 Å². The van der Waals surface area contributed by atoms with Crippen molar-refractivity contribution in [2.45, 2.75) is 156 Å². The summed E-state index contributed by atoms with van der Waals surface area (Å²) in [6, 6.07) is 0. The average molecular weight is 519 g/mol. The van der Waals surface area contributed by atoms with Gasteiger partial charge in [-0.15, -0.1) is 17.2 Å². The van der Waals surface area contributed by atoms with E-state index in [-0.39, 0.29) is 16.5 Å². The van der Waals surface area contributed by atoms with Crippen molar-refractivity contribution in [3.8, 4) is 0 Å². The fourth-order valence-corrected chi connectivity index (χ4v) is 6.16. The smallest absolute Gasteiger partial charge is 0 e. The van der Waals surface area contributed by atoms with E-state index in [2.05, 4.69) is 27.7 Å². The minimum atomic E-state index is 0. The average Bonchev–Trinajstić information content (AvgIpc) is 2.76. The Morgan fingerprint density at radius 1 is 0.290 bits per heavy atom. The van der Waals surface area contributed by atoms with Crippen molar-refractivity contribution in [2.75, 3.05) is 24.6 Å². The van der Waals surface area contributed by atoms with Crippen LogP contribution < -0.4 is 0 Å². The van der Waals surface area contributed by atoms with E-state index in [9.17, 15) is 0 Å². The van der Waals surface area contributed by atoms with Crippen molar-refractivity contribution in [1.82, 2.24) is 0 Å². The number of hydrogen-bond donors (Lipinski definition) is 0. The minimum absolute atomic E-state index is 0. The van der Waals surface area contributed by atoms with Crippen molar-refractivity contribution in [3.05, 3.63) is 0 Å². The number of unbranched alkanes of at least 4 members (excludes halogenated alkanes) is 16. The van der Waals surface area contributed by atoms with Gasteiger partial charge >= 0.3 is 0 Å². The first-order chi connectivity index (χ1) is 14.8. The molecule has 194 valence electrons. The number of rotatable bonds is 24. The van der Waals surface area contributed by atoms with E-state index in [4.69, 9.17) is 0 Å². The van der Waals surface area contributed by atoms with Gasteiger partial charge in [0, 0.05) is 16.5 Å². The molecule has 0 aromatic heterocycles. The standard InChI is InChI=1S/2C14H31P.Ni/c2*1-3-5-7-9-11-13-15-14-12-10-8-6-4-2;/h2*15H,3-14H2,1-2H3;. The summed E-state index contributed by atoms with van der Waals surface area (Å²) >= 11 is 0. The second kappa shape index (κ2) is 38.6. The summed E-state index contributed by atoms with van der Waals surface area (Å²) in [7, 11) is 2.51. The zero-order valence-corrected chi connectivity index (χ0v) is 25.3. The van der Waals surface area contributed by atoms with Crippen LogP contribution in [-0.2, 0) is 16.5 Å². The fraction of sp³-hybridized carbons (Fsp3) is 1.00. The second-order valence-electron chi connectivity index (χ2n) is 9.16. The Balaban J connectivity index is -0.000000490. The SMILES string of the molecule is CCCCCCCPCCCCCCC.CCCCCCCPCCCCCCC.[Ni]. The summed E-state index contributed by atoms with van der Waals surface area (Å²) in [5.41, 5.74) is 0. The third kappa shape index (κ3) is 42.0. The second-order valence-corrected chi connectivity index (χ2v) is 12.2. The van der Waals surface area contributed by atoms with Crippen LogP contribution in [0.15, 0.2) is 0 Å². The molecule has 0 fully saturated rings. The normalized spacial score (nSPS) is 10.5. The summed E-state index contributed by atoms with van der Waals surface area (Å²) < 4.78 is 0. The van der Waals surface area contributed by atoms with E-state index in [1.807, 2.05) is 0 Å². The molecule has 0 aliphatic rings. The van der Waals surface area contributed by atoms with E-state index >= 15 is 0 Å². The van der Waals surface area contributed by atoms with Crippen molar-refractivity contribution in [2.24, 2.45) is 0 Å². The molecule has 31 heavy (non-hydrogen) atoms. The molecule has 0 saturated carbocycles. The van der Waals surface area contributed by atoms with Gasteiger partial charge in [-0.2, -0.15) is 0 Å². The van der Waals surface area contributed by atoms with Crippen LogP contribution in [0.4, 0.5) is 0 Å². The molecule has 0 nitrogen and oxygen atoms in total. The molecule has 0 atom stereocenters. The van der Waals surface area contributed by atoms with Crippen LogP contribution in [0.1, 0.15) is 156 Å². The van der Waals surface area contributed by atoms with Crippen LogP contribution in [0.2, 0.25) is 0 Å². The Hall–Kier alpha value is 1.35. The van der Waals surface area contributed by atoms with Crippen molar-refractivity contribution in [1.29, 1.82) is 0 Å². The van der Waals surface area contributed by atoms with Gasteiger partial charge in [0.15, 0.2) is 0 Å². The molecule has 0 aliphatic heterocycles. The first kappa shape index (κ1) is 36.9. The van der Waals surface area contributed by atoms with E-state index in [0.29, 0.717) is 0 Å². The van der Waals surface area contributed by atoms with Crippen LogP contribution in [0.5, 0.6) is 0 Å². The molecule has 0 heterocycles. The zero-order chi connectivity index (χ0) is 22.4. The monoisotopic (exact) mass is 518 g/mol. The quantitative estimate of drug-likeness (QED) is 0.0676. The largest absolute Gasteiger partial charge is 0.122 e. The molecule has 0 aromatic carbocycles. The number of hydrogen-bond acceptors (Lipinski definition) is 0. The first-order valence-corrected chi connectivity index (χ1v) is 17.1. The summed E-state index contributed by atoms with van der Waals surface area (Å²) in [6.07, 6.45) is 35.1. The van der Waals surface area contributed by atoms with Crippen molar-refractivity contribution < 1.29 is 16.5 Å². The maximum atomic E-state index is 2.29. The Labute approximate surface area is 213 Å². The Morgan fingerprint density at radius 2 is 0.484 bits per heavy atom. The summed E-state index contributed by atoms with van der Waals surface area (Å²) in [5.74, 6) is 0. The Kier molecular flexibility index (Phi) is 46.0. The molecule has 0 radical (unpaired) electrons. The van der Waals surface area contributed by atoms with Gasteiger partial charge in [0.1, 0.15) is 0 Å². The molecule has 0 spiro atoms. The van der Waals surface area contributed by atoms with Gasteiger partial charge in [0.05, 0.1) is 0 Å². The third-order valence-corrected chi connectivity index (χ3v) is 8.66. The molecule has 0 N–H and O–H groups in total. The fourth-order valence-electron chi connectivity index (χ4n) is 3.66. The minimum Gasteiger partial charge on any atom is -0.122 e. The zero-order valence-electron chi connectivity index (χ0n) is 22.3. The van der Waals surface area contributed by atoms with E-state index in [1.54, 1.807) is 0 Å². The van der Waals surface area contributed by atoms with E-state index in [1.165, 1.54) is 170 Å². The summed E-state index contributed by atoms with van der Waals surface area (Å²) in [4.78, 5) is 0. The first-order valence-electron chi connectivity index (χ1n) is 14.2. The molecule has 3 heteroatoms. The predicted octanol–water partition coefficient (Wildman–Crippen LogP) is 11.2. The van der Waals surface area contributed by atoms with Crippen LogP contribution in [0.25, 0.3) is 0 Å². The Bertz CT molecular complexity index is 211. The van der Waals surface area contributed by atoms with Crippen molar-refractivity contribution >= 4 is 17.2 Å². The van der Waals surface area contributed by atoms with Crippen LogP contribution >= 0.6 is 17.2 Å². The van der Waals surface area contributed by atoms with Crippen molar-refractivity contribution in [3.63, 3.8) is 0 Å². The topological polar surface area (TPSA) is 0 Å². The summed E-state index contributed by atoms with van der Waals surface area (Å²) in [6.45, 7) is 9.16. The molecular weight excluding hydrogens is 457 g/mol. The third-order valence-electron chi connectivity index (χ3n) is 5.83. The van der Waals surface area contributed by atoms with Crippen LogP contribution in [-0.4, -0.2) is 24.6 Å². The maximum Gasteiger partial charge on any atom is 0 e. The molecule has 0 rings (SSSR count). The molecule has 0 saturated heterocycles. The Morgan fingerprint density at radius 3 is 0.677 bits per heavy atom. The maximum absolute atomic E-state index is 2.29. The van der Waals surface area contributed by atoms with E-state index in [0.717, 1.165) is 0 Å². The molecule has 0 aromatic rings. The molecular formula is C28H62NiP2. The summed E-state index contributed by atoms with van der Waals surface area (Å²) in [5, 5.41) is 0. The van der Waals surface area contributed by atoms with Gasteiger partial charge in [-0.3, -0.25) is 0 Å². The van der Waals surface area contributed by atoms with Gasteiger partial charge in [-0.1, -0.05) is 130 Å². The van der Waals surface area contributed by atoms with Crippen LogP contribution in [0, 0.1) is 0 Å². The van der Waals surface area contributed by atoms with Gasteiger partial charge in [-0.25, -0.2) is 0 Å². The van der Waals surface area contributed by atoms with Gasteiger partial charge < -0.3 is 0 Å². The van der Waals surface area contributed by atoms with Gasteiger partial charge in [0.2, 0.25) is 0 Å².